The summed E-state index contributed by atoms with van der Waals surface area (Å²) in [6.45, 7) is 3.27. The van der Waals surface area contributed by atoms with Gasteiger partial charge in [-0.3, -0.25) is 14.7 Å². The molecule has 0 rings (SSSR count). The number of aliphatic carboxylic acids is 1. The van der Waals surface area contributed by atoms with Crippen molar-refractivity contribution in [3.05, 3.63) is 12.7 Å². The van der Waals surface area contributed by atoms with Gasteiger partial charge in [-0.05, 0) is 18.4 Å². The summed E-state index contributed by atoms with van der Waals surface area (Å²) in [4.78, 5) is 28.7. The Morgan fingerprint density at radius 1 is 1.62 bits per heavy atom. The maximum Gasteiger partial charge on any atom is 0.346 e. The molecule has 94 valence electrons. The first-order valence-corrected chi connectivity index (χ1v) is 7.56. The lowest BCUT2D eigenvalue weighted by Crippen LogP contribution is -2.42. The fraction of sp³-hybridized carbons (Fsp3) is 0.625. The van der Waals surface area contributed by atoms with Crippen LogP contribution in [-0.4, -0.2) is 44.7 Å². The molecule has 0 spiro atoms. The Labute approximate surface area is 98.3 Å². The minimum Gasteiger partial charge on any atom is -0.480 e. The van der Waals surface area contributed by atoms with Crippen molar-refractivity contribution in [2.45, 2.75) is 18.2 Å². The van der Waals surface area contributed by atoms with Gasteiger partial charge in [0.1, 0.15) is 11.8 Å². The molecule has 0 aromatic heterocycles. The van der Waals surface area contributed by atoms with E-state index in [9.17, 15) is 9.36 Å². The number of carbonyl (C=O) groups is 1. The maximum atomic E-state index is 11.0. The van der Waals surface area contributed by atoms with E-state index in [-0.39, 0.29) is 0 Å². The summed E-state index contributed by atoms with van der Waals surface area (Å²) in [5, 5.41) is 11.2. The second-order valence-corrected chi connectivity index (χ2v) is 5.83. The molecule has 0 amide bonds. The molecule has 0 radical (unpaired) electrons. The third-order valence-electron chi connectivity index (χ3n) is 1.87. The van der Waals surface area contributed by atoms with Crippen molar-refractivity contribution in [3.63, 3.8) is 0 Å². The fourth-order valence-corrected chi connectivity index (χ4v) is 2.14. The lowest BCUT2D eigenvalue weighted by molar-refractivity contribution is -0.139. The summed E-state index contributed by atoms with van der Waals surface area (Å²) in [7, 11) is -4.40. The second kappa shape index (κ2) is 7.09. The Morgan fingerprint density at radius 3 is 2.50 bits per heavy atom. The first-order valence-electron chi connectivity index (χ1n) is 4.48. The van der Waals surface area contributed by atoms with Crippen molar-refractivity contribution in [1.82, 2.24) is 5.32 Å². The van der Waals surface area contributed by atoms with Gasteiger partial charge >= 0.3 is 13.6 Å². The number of carboxylic acid groups (broad SMARTS) is 1. The second-order valence-electron chi connectivity index (χ2n) is 3.11. The molecule has 0 aromatic rings. The Morgan fingerprint density at radius 2 is 2.19 bits per heavy atom. The summed E-state index contributed by atoms with van der Waals surface area (Å²) in [5.74, 6) is -1.86. The lowest BCUT2D eigenvalue weighted by atomic mass is 10.2. The smallest absolute Gasteiger partial charge is 0.346 e. The Bertz CT molecular complexity index is 292. The maximum absolute atomic E-state index is 11.0. The molecule has 0 aromatic carbocycles. The average Bonchev–Trinajstić information content (AvgIpc) is 2.15. The quantitative estimate of drug-likeness (QED) is 0.375. The van der Waals surface area contributed by atoms with Crippen molar-refractivity contribution in [3.8, 4) is 0 Å². The van der Waals surface area contributed by atoms with Gasteiger partial charge in [0.15, 0.2) is 0 Å². The van der Waals surface area contributed by atoms with Crippen LogP contribution in [0.25, 0.3) is 0 Å². The number of thioether (sulfide) groups is 1. The van der Waals surface area contributed by atoms with Crippen LogP contribution >= 0.6 is 19.4 Å². The van der Waals surface area contributed by atoms with Crippen LogP contribution < -0.4 is 5.32 Å². The Hall–Kier alpha value is -0.330. The van der Waals surface area contributed by atoms with Gasteiger partial charge in [0, 0.05) is 0 Å². The molecule has 0 aliphatic rings. The van der Waals surface area contributed by atoms with Gasteiger partial charge in [-0.1, -0.05) is 6.08 Å². The summed E-state index contributed by atoms with van der Waals surface area (Å²) in [5.41, 5.74) is 0. The van der Waals surface area contributed by atoms with E-state index in [2.05, 4.69) is 11.9 Å². The predicted molar refractivity (Wildman–Crippen MR) is 63.6 cm³/mol. The van der Waals surface area contributed by atoms with Crippen molar-refractivity contribution in [2.24, 2.45) is 0 Å². The highest BCUT2D eigenvalue weighted by molar-refractivity contribution is 7.98. The topological polar surface area (TPSA) is 107 Å². The van der Waals surface area contributed by atoms with Crippen LogP contribution in [0.1, 0.15) is 6.42 Å². The fourth-order valence-electron chi connectivity index (χ4n) is 1.02. The zero-order chi connectivity index (χ0) is 12.8. The molecule has 0 heterocycles. The first kappa shape index (κ1) is 15.7. The monoisotopic (exact) mass is 269 g/mol. The van der Waals surface area contributed by atoms with Gasteiger partial charge < -0.3 is 14.9 Å². The summed E-state index contributed by atoms with van der Waals surface area (Å²) >= 11 is 1.47. The highest BCUT2D eigenvalue weighted by Crippen LogP contribution is 2.40. The summed E-state index contributed by atoms with van der Waals surface area (Å²) < 4.78 is 11.0. The summed E-state index contributed by atoms with van der Waals surface area (Å²) in [6.07, 6.45) is 3.14. The van der Waals surface area contributed by atoms with E-state index in [0.717, 1.165) is 6.08 Å². The highest BCUT2D eigenvalue weighted by Gasteiger charge is 2.30. The predicted octanol–water partition coefficient (Wildman–Crippen LogP) is 0.472. The van der Waals surface area contributed by atoms with Gasteiger partial charge in [-0.15, -0.1) is 6.58 Å². The van der Waals surface area contributed by atoms with Crippen LogP contribution in [0, 0.1) is 0 Å². The molecule has 0 aliphatic carbocycles. The number of carboxylic acids is 1. The van der Waals surface area contributed by atoms with Crippen LogP contribution in [-0.2, 0) is 9.36 Å². The van der Waals surface area contributed by atoms with E-state index in [1.165, 1.54) is 11.8 Å². The zero-order valence-electron chi connectivity index (χ0n) is 8.87. The minimum atomic E-state index is -4.40. The van der Waals surface area contributed by atoms with Crippen LogP contribution in [0.4, 0.5) is 0 Å². The van der Waals surface area contributed by atoms with E-state index in [0.29, 0.717) is 12.2 Å². The minimum absolute atomic E-state index is 0.292. The van der Waals surface area contributed by atoms with Crippen molar-refractivity contribution in [1.29, 1.82) is 0 Å². The van der Waals surface area contributed by atoms with E-state index >= 15 is 0 Å². The highest BCUT2D eigenvalue weighted by atomic mass is 32.2. The molecular formula is C8H16NO5PS. The third-order valence-corrected chi connectivity index (χ3v) is 3.59. The van der Waals surface area contributed by atoms with Crippen LogP contribution in [0.15, 0.2) is 12.7 Å². The standard InChI is InChI=1S/C8H16NO5PS/c1-3-7(15(12,13)14)9-6(8(10)11)4-5-16-2/h3,6-7,9H,1,4-5H2,2H3,(H,10,11)(H2,12,13,14). The normalized spacial score (nSPS) is 15.4. The number of hydrogen-bond acceptors (Lipinski definition) is 4. The van der Waals surface area contributed by atoms with Gasteiger partial charge in [0.05, 0.1) is 0 Å². The summed E-state index contributed by atoms with van der Waals surface area (Å²) in [6, 6.07) is -0.983. The van der Waals surface area contributed by atoms with Crippen molar-refractivity contribution < 1.29 is 24.3 Å². The first-order chi connectivity index (χ1) is 7.32. The van der Waals surface area contributed by atoms with Gasteiger partial charge in [0.2, 0.25) is 0 Å². The van der Waals surface area contributed by atoms with Gasteiger partial charge in [0.25, 0.3) is 0 Å². The molecule has 8 heteroatoms. The molecule has 0 fully saturated rings. The van der Waals surface area contributed by atoms with E-state index < -0.39 is 25.4 Å². The van der Waals surface area contributed by atoms with Crippen molar-refractivity contribution >= 4 is 25.3 Å². The molecule has 0 saturated carbocycles. The molecular weight excluding hydrogens is 253 g/mol. The largest absolute Gasteiger partial charge is 0.480 e. The van der Waals surface area contributed by atoms with Crippen LogP contribution in [0.3, 0.4) is 0 Å². The molecule has 6 nitrogen and oxygen atoms in total. The molecule has 0 aliphatic heterocycles. The van der Waals surface area contributed by atoms with Crippen LogP contribution in [0.5, 0.6) is 0 Å². The SMILES string of the molecule is C=CC(NC(CCSC)C(=O)O)P(=O)(O)O. The molecule has 4 N–H and O–H groups in total. The van der Waals surface area contributed by atoms with E-state index in [1.807, 2.05) is 6.26 Å². The van der Waals surface area contributed by atoms with Gasteiger partial charge in [-0.2, -0.15) is 11.8 Å². The molecule has 0 saturated heterocycles. The zero-order valence-corrected chi connectivity index (χ0v) is 10.6. The number of rotatable bonds is 8. The molecule has 2 unspecified atom stereocenters. The number of nitrogens with one attached hydrogen (secondary N) is 1. The van der Waals surface area contributed by atoms with Gasteiger partial charge in [-0.25, -0.2) is 0 Å². The molecule has 0 bridgehead atoms. The molecule has 16 heavy (non-hydrogen) atoms. The number of hydrogen-bond donors (Lipinski definition) is 4. The van der Waals surface area contributed by atoms with Crippen molar-refractivity contribution in [2.75, 3.05) is 12.0 Å². The molecule has 2 atom stereocenters. The van der Waals surface area contributed by atoms with E-state index in [4.69, 9.17) is 14.9 Å². The average molecular weight is 269 g/mol. The Kier molecular flexibility index (Phi) is 6.94. The van der Waals surface area contributed by atoms with E-state index in [1.54, 1.807) is 0 Å². The Balaban J connectivity index is 4.53. The third kappa shape index (κ3) is 5.67. The van der Waals surface area contributed by atoms with Crippen LogP contribution in [0.2, 0.25) is 0 Å². The lowest BCUT2D eigenvalue weighted by Gasteiger charge is -2.21.